The van der Waals surface area contributed by atoms with E-state index in [0.29, 0.717) is 11.3 Å². The van der Waals surface area contributed by atoms with Crippen molar-refractivity contribution in [1.82, 2.24) is 0 Å². The molecule has 0 heterocycles. The molecule has 104 valence electrons. The van der Waals surface area contributed by atoms with E-state index in [4.69, 9.17) is 5.11 Å². The predicted octanol–water partition coefficient (Wildman–Crippen LogP) is 2.18. The van der Waals surface area contributed by atoms with Gasteiger partial charge < -0.3 is 5.11 Å². The van der Waals surface area contributed by atoms with Gasteiger partial charge in [-0.1, -0.05) is 26.0 Å². The summed E-state index contributed by atoms with van der Waals surface area (Å²) >= 11 is 0. The number of hydrogen-bond acceptors (Lipinski definition) is 3. The first-order valence-corrected chi connectivity index (χ1v) is 7.45. The Morgan fingerprint density at radius 1 is 1.32 bits per heavy atom. The van der Waals surface area contributed by atoms with E-state index in [0.717, 1.165) is 6.08 Å². The molecule has 0 aromatic heterocycles. The van der Waals surface area contributed by atoms with Crippen molar-refractivity contribution in [2.75, 3.05) is 10.5 Å². The van der Waals surface area contributed by atoms with E-state index >= 15 is 0 Å². The summed E-state index contributed by atoms with van der Waals surface area (Å²) in [6, 6.07) is 6.48. The monoisotopic (exact) mass is 283 g/mol. The van der Waals surface area contributed by atoms with E-state index in [2.05, 4.69) is 4.72 Å². The van der Waals surface area contributed by atoms with Crippen LogP contribution in [0.5, 0.6) is 0 Å². The lowest BCUT2D eigenvalue weighted by Gasteiger charge is -2.09. The standard InChI is InChI=1S/C13H17NO4S/c1-10(2)9-19(17,18)14-12-6-3-11(4-7-12)5-8-13(15)16/h3-8,10,14H,9H2,1-2H3,(H,15,16). The Morgan fingerprint density at radius 3 is 2.37 bits per heavy atom. The SMILES string of the molecule is CC(C)CS(=O)(=O)Nc1ccc(C=CC(=O)O)cc1. The molecule has 0 saturated carbocycles. The lowest BCUT2D eigenvalue weighted by molar-refractivity contribution is -0.131. The van der Waals surface area contributed by atoms with Crippen LogP contribution < -0.4 is 4.72 Å². The second kappa shape index (κ2) is 6.38. The highest BCUT2D eigenvalue weighted by molar-refractivity contribution is 7.92. The third kappa shape index (κ3) is 6.05. The van der Waals surface area contributed by atoms with Gasteiger partial charge in [0.05, 0.1) is 5.75 Å². The van der Waals surface area contributed by atoms with Gasteiger partial charge >= 0.3 is 5.97 Å². The van der Waals surface area contributed by atoms with Crippen molar-refractivity contribution < 1.29 is 18.3 Å². The molecule has 0 amide bonds. The van der Waals surface area contributed by atoms with Gasteiger partial charge in [0.15, 0.2) is 0 Å². The molecule has 0 spiro atoms. The fourth-order valence-corrected chi connectivity index (χ4v) is 2.95. The van der Waals surface area contributed by atoms with Crippen molar-refractivity contribution in [3.63, 3.8) is 0 Å². The van der Waals surface area contributed by atoms with Crippen molar-refractivity contribution in [2.45, 2.75) is 13.8 Å². The van der Waals surface area contributed by atoms with Crippen molar-refractivity contribution in [2.24, 2.45) is 5.92 Å². The Morgan fingerprint density at radius 2 is 1.89 bits per heavy atom. The number of anilines is 1. The summed E-state index contributed by atoms with van der Waals surface area (Å²) < 4.78 is 25.9. The smallest absolute Gasteiger partial charge is 0.328 e. The zero-order valence-electron chi connectivity index (χ0n) is 10.8. The van der Waals surface area contributed by atoms with Gasteiger partial charge in [0.25, 0.3) is 0 Å². The van der Waals surface area contributed by atoms with Crippen LogP contribution in [-0.4, -0.2) is 25.2 Å². The lowest BCUT2D eigenvalue weighted by Crippen LogP contribution is -2.19. The summed E-state index contributed by atoms with van der Waals surface area (Å²) in [6.45, 7) is 3.66. The normalized spacial score (nSPS) is 11.9. The average molecular weight is 283 g/mol. The zero-order valence-corrected chi connectivity index (χ0v) is 11.6. The van der Waals surface area contributed by atoms with Crippen molar-refractivity contribution in [3.05, 3.63) is 35.9 Å². The third-order valence-corrected chi connectivity index (χ3v) is 3.81. The summed E-state index contributed by atoms with van der Waals surface area (Å²) in [7, 11) is -3.33. The van der Waals surface area contributed by atoms with Crippen LogP contribution in [0, 0.1) is 5.92 Å². The Balaban J connectivity index is 2.75. The van der Waals surface area contributed by atoms with Crippen molar-refractivity contribution in [1.29, 1.82) is 0 Å². The van der Waals surface area contributed by atoms with Crippen LogP contribution in [0.2, 0.25) is 0 Å². The van der Waals surface area contributed by atoms with Gasteiger partial charge in [0, 0.05) is 11.8 Å². The summed E-state index contributed by atoms with van der Waals surface area (Å²) in [5.41, 5.74) is 1.15. The van der Waals surface area contributed by atoms with E-state index in [1.54, 1.807) is 24.3 Å². The molecule has 0 aliphatic heterocycles. The number of sulfonamides is 1. The number of benzene rings is 1. The summed E-state index contributed by atoms with van der Waals surface area (Å²) in [4.78, 5) is 10.4. The quantitative estimate of drug-likeness (QED) is 0.784. The van der Waals surface area contributed by atoms with Crippen LogP contribution in [0.15, 0.2) is 30.3 Å². The fourth-order valence-electron chi connectivity index (χ4n) is 1.49. The molecule has 2 N–H and O–H groups in total. The maximum Gasteiger partial charge on any atom is 0.328 e. The van der Waals surface area contributed by atoms with Gasteiger partial charge in [-0.3, -0.25) is 4.72 Å². The Labute approximate surface area is 113 Å². The maximum atomic E-state index is 11.7. The molecular formula is C13H17NO4S. The summed E-state index contributed by atoms with van der Waals surface area (Å²) in [5.74, 6) is -0.912. The Bertz CT molecular complexity index is 559. The molecule has 0 fully saturated rings. The summed E-state index contributed by atoms with van der Waals surface area (Å²) in [6.07, 6.45) is 2.46. The van der Waals surface area contributed by atoms with Gasteiger partial charge in [-0.05, 0) is 29.7 Å². The van der Waals surface area contributed by atoms with Gasteiger partial charge in [0.2, 0.25) is 10.0 Å². The first-order valence-electron chi connectivity index (χ1n) is 5.80. The highest BCUT2D eigenvalue weighted by Crippen LogP contribution is 2.13. The number of carbonyl (C=O) groups is 1. The Hall–Kier alpha value is -1.82. The topological polar surface area (TPSA) is 83.5 Å². The molecule has 0 unspecified atom stereocenters. The molecule has 19 heavy (non-hydrogen) atoms. The van der Waals surface area contributed by atoms with E-state index in [-0.39, 0.29) is 11.7 Å². The van der Waals surface area contributed by atoms with E-state index < -0.39 is 16.0 Å². The predicted molar refractivity (Wildman–Crippen MR) is 75.4 cm³/mol. The molecule has 0 aliphatic rings. The van der Waals surface area contributed by atoms with Gasteiger partial charge in [-0.25, -0.2) is 13.2 Å². The summed E-state index contributed by atoms with van der Waals surface area (Å²) in [5, 5.41) is 8.49. The van der Waals surface area contributed by atoms with Crippen molar-refractivity contribution >= 4 is 27.8 Å². The zero-order chi connectivity index (χ0) is 14.5. The minimum atomic E-state index is -3.33. The number of hydrogen-bond donors (Lipinski definition) is 2. The van der Waals surface area contributed by atoms with Gasteiger partial charge in [-0.15, -0.1) is 0 Å². The number of rotatable bonds is 6. The van der Waals surface area contributed by atoms with Crippen LogP contribution in [0.1, 0.15) is 19.4 Å². The van der Waals surface area contributed by atoms with Crippen LogP contribution >= 0.6 is 0 Å². The molecule has 1 aromatic rings. The number of aliphatic carboxylic acids is 1. The second-order valence-corrected chi connectivity index (χ2v) is 6.34. The minimum absolute atomic E-state index is 0.0512. The third-order valence-electron chi connectivity index (χ3n) is 2.16. The van der Waals surface area contributed by atoms with Gasteiger partial charge in [-0.2, -0.15) is 0 Å². The van der Waals surface area contributed by atoms with E-state index in [1.165, 1.54) is 6.08 Å². The fraction of sp³-hybridized carbons (Fsp3) is 0.308. The number of carboxylic acid groups (broad SMARTS) is 1. The largest absolute Gasteiger partial charge is 0.478 e. The van der Waals surface area contributed by atoms with E-state index in [9.17, 15) is 13.2 Å². The highest BCUT2D eigenvalue weighted by atomic mass is 32.2. The van der Waals surface area contributed by atoms with Crippen molar-refractivity contribution in [3.8, 4) is 0 Å². The molecule has 0 saturated heterocycles. The van der Waals surface area contributed by atoms with Crippen LogP contribution in [-0.2, 0) is 14.8 Å². The van der Waals surface area contributed by atoms with Crippen LogP contribution in [0.25, 0.3) is 6.08 Å². The maximum absolute atomic E-state index is 11.7. The van der Waals surface area contributed by atoms with Crippen LogP contribution in [0.3, 0.4) is 0 Å². The first kappa shape index (κ1) is 15.2. The Kier molecular flexibility index (Phi) is 5.11. The minimum Gasteiger partial charge on any atom is -0.478 e. The molecule has 0 bridgehead atoms. The molecule has 5 nitrogen and oxygen atoms in total. The molecule has 0 radical (unpaired) electrons. The van der Waals surface area contributed by atoms with E-state index in [1.807, 2.05) is 13.8 Å². The molecule has 1 rings (SSSR count). The molecule has 1 aromatic carbocycles. The lowest BCUT2D eigenvalue weighted by atomic mass is 10.2. The number of nitrogens with one attached hydrogen (secondary N) is 1. The molecule has 6 heteroatoms. The highest BCUT2D eigenvalue weighted by Gasteiger charge is 2.12. The van der Waals surface area contributed by atoms with Gasteiger partial charge in [0.1, 0.15) is 0 Å². The van der Waals surface area contributed by atoms with Crippen LogP contribution in [0.4, 0.5) is 5.69 Å². The second-order valence-electron chi connectivity index (χ2n) is 4.57. The first-order chi connectivity index (χ1) is 8.78. The molecule has 0 aliphatic carbocycles. The average Bonchev–Trinajstić information content (AvgIpc) is 2.25. The number of carboxylic acids is 1. The molecule has 0 atom stereocenters. The molecular weight excluding hydrogens is 266 g/mol.